The number of nitrogens with one attached hydrogen (secondary N) is 1. The molecule has 108 valence electrons. The van der Waals surface area contributed by atoms with Crippen molar-refractivity contribution in [2.75, 3.05) is 0 Å². The number of aryl methyl sites for hydroxylation is 1. The maximum absolute atomic E-state index is 12.4. The molecule has 0 unspecified atom stereocenters. The number of fused-ring (bicyclic) bond motifs is 1. The van der Waals surface area contributed by atoms with Crippen molar-refractivity contribution in [3.63, 3.8) is 0 Å². The lowest BCUT2D eigenvalue weighted by Gasteiger charge is -2.22. The first-order chi connectivity index (χ1) is 9.47. The molecule has 2 aromatic rings. The van der Waals surface area contributed by atoms with E-state index < -0.39 is 10.0 Å². The van der Waals surface area contributed by atoms with E-state index in [0.29, 0.717) is 16.0 Å². The predicted octanol–water partition coefficient (Wildman–Crippen LogP) is 2.57. The van der Waals surface area contributed by atoms with Gasteiger partial charge in [-0.2, -0.15) is 5.10 Å². The highest BCUT2D eigenvalue weighted by Gasteiger charge is 2.29. The topological polar surface area (TPSA) is 76.9 Å². The van der Waals surface area contributed by atoms with Crippen molar-refractivity contribution in [3.8, 4) is 0 Å². The van der Waals surface area contributed by atoms with E-state index in [-0.39, 0.29) is 15.3 Å². The highest BCUT2D eigenvalue weighted by atomic mass is 79.9. The van der Waals surface area contributed by atoms with Gasteiger partial charge in [0.05, 0.1) is 9.83 Å². The van der Waals surface area contributed by atoms with Crippen LogP contribution in [-0.2, 0) is 16.6 Å². The van der Waals surface area contributed by atoms with Gasteiger partial charge in [-0.3, -0.25) is 0 Å². The summed E-state index contributed by atoms with van der Waals surface area (Å²) < 4.78 is 30.1. The quantitative estimate of drug-likeness (QED) is 0.863. The molecule has 0 amide bonds. The van der Waals surface area contributed by atoms with Crippen molar-refractivity contribution in [2.45, 2.75) is 30.3 Å². The molecule has 0 bridgehead atoms. The van der Waals surface area contributed by atoms with Gasteiger partial charge in [0.2, 0.25) is 10.0 Å². The zero-order valence-corrected chi connectivity index (χ0v) is 14.1. The van der Waals surface area contributed by atoms with Crippen molar-refractivity contribution >= 4 is 48.9 Å². The summed E-state index contributed by atoms with van der Waals surface area (Å²) in [6, 6.07) is 1.13. The van der Waals surface area contributed by atoms with E-state index in [0.717, 1.165) is 13.0 Å². The van der Waals surface area contributed by atoms with Crippen LogP contribution in [0.1, 0.15) is 24.7 Å². The summed E-state index contributed by atoms with van der Waals surface area (Å²) >= 11 is 10.4. The Hall–Kier alpha value is -0.480. The van der Waals surface area contributed by atoms with Crippen LogP contribution in [0.3, 0.4) is 0 Å². The molecule has 0 radical (unpaired) electrons. The molecule has 10 heteroatoms. The highest BCUT2D eigenvalue weighted by Crippen LogP contribution is 2.35. The number of sulfonamides is 1. The second-order valence-corrected chi connectivity index (χ2v) is 9.06. The van der Waals surface area contributed by atoms with Gasteiger partial charge >= 0.3 is 0 Å². The zero-order valence-electron chi connectivity index (χ0n) is 10.1. The minimum Gasteiger partial charge on any atom is -0.248 e. The molecule has 1 aliphatic heterocycles. The van der Waals surface area contributed by atoms with Crippen molar-refractivity contribution in [1.82, 2.24) is 19.5 Å². The van der Waals surface area contributed by atoms with Crippen LogP contribution in [0.15, 0.2) is 21.1 Å². The fraction of sp³-hybridized carbons (Fsp3) is 0.400. The smallest absolute Gasteiger partial charge is 0.243 e. The van der Waals surface area contributed by atoms with Gasteiger partial charge in [0.1, 0.15) is 21.4 Å². The first kappa shape index (κ1) is 14.5. The van der Waals surface area contributed by atoms with Crippen molar-refractivity contribution in [2.24, 2.45) is 0 Å². The number of nitrogens with zero attached hydrogens (tertiary/aromatic N) is 3. The standard InChI is InChI=1S/C10H10BrClN4O2S2/c11-8-4-7(9(12)19-8)20(17,18)15-6-2-1-3-16-10(6)13-5-14-16/h4-6,15H,1-3H2/t6-/m1/s1. The number of halogens is 2. The Labute approximate surface area is 133 Å². The molecule has 20 heavy (non-hydrogen) atoms. The Kier molecular flexibility index (Phi) is 3.89. The Morgan fingerprint density at radius 3 is 3.05 bits per heavy atom. The van der Waals surface area contributed by atoms with Gasteiger partial charge < -0.3 is 0 Å². The third-order valence-electron chi connectivity index (χ3n) is 3.03. The van der Waals surface area contributed by atoms with E-state index in [9.17, 15) is 8.42 Å². The van der Waals surface area contributed by atoms with Gasteiger partial charge in [0, 0.05) is 6.54 Å². The van der Waals surface area contributed by atoms with E-state index in [1.807, 2.05) is 0 Å². The molecule has 0 saturated carbocycles. The summed E-state index contributed by atoms with van der Waals surface area (Å²) in [5.74, 6) is 0.644. The Bertz CT molecular complexity index is 742. The summed E-state index contributed by atoms with van der Waals surface area (Å²) in [7, 11) is -3.67. The second-order valence-electron chi connectivity index (χ2n) is 4.35. The number of hydrogen-bond acceptors (Lipinski definition) is 5. The number of rotatable bonds is 3. The van der Waals surface area contributed by atoms with Crippen LogP contribution < -0.4 is 4.72 Å². The molecule has 0 aliphatic carbocycles. The lowest BCUT2D eigenvalue weighted by molar-refractivity contribution is 0.400. The second kappa shape index (κ2) is 5.38. The summed E-state index contributed by atoms with van der Waals surface area (Å²) in [6.45, 7) is 0.762. The molecule has 0 saturated heterocycles. The number of aromatic nitrogens is 3. The van der Waals surface area contributed by atoms with Crippen LogP contribution in [-0.4, -0.2) is 23.2 Å². The molecule has 0 fully saturated rings. The van der Waals surface area contributed by atoms with Crippen LogP contribution >= 0.6 is 38.9 Å². The molecule has 1 N–H and O–H groups in total. The summed E-state index contributed by atoms with van der Waals surface area (Å²) in [6.07, 6.45) is 2.99. The summed E-state index contributed by atoms with van der Waals surface area (Å²) in [4.78, 5) is 4.22. The van der Waals surface area contributed by atoms with E-state index in [1.165, 1.54) is 23.7 Å². The van der Waals surface area contributed by atoms with Crippen molar-refractivity contribution in [1.29, 1.82) is 0 Å². The molecule has 1 atom stereocenters. The lowest BCUT2D eigenvalue weighted by atomic mass is 10.1. The van der Waals surface area contributed by atoms with Crippen LogP contribution in [0.2, 0.25) is 4.34 Å². The van der Waals surface area contributed by atoms with Crippen LogP contribution in [0, 0.1) is 0 Å². The average molecular weight is 398 g/mol. The Balaban J connectivity index is 1.91. The minimum atomic E-state index is -3.67. The molecular formula is C10H10BrClN4O2S2. The first-order valence-corrected chi connectivity index (χ1v) is 9.29. The van der Waals surface area contributed by atoms with Gasteiger partial charge in [0.15, 0.2) is 0 Å². The normalized spacial score (nSPS) is 19.0. The van der Waals surface area contributed by atoms with Crippen LogP contribution in [0.4, 0.5) is 0 Å². The molecule has 2 aromatic heterocycles. The Morgan fingerprint density at radius 1 is 1.55 bits per heavy atom. The van der Waals surface area contributed by atoms with E-state index in [4.69, 9.17) is 11.6 Å². The SMILES string of the molecule is O=S(=O)(N[C@@H]1CCCn2ncnc21)c1cc(Br)sc1Cl. The summed E-state index contributed by atoms with van der Waals surface area (Å²) in [5.41, 5.74) is 0. The van der Waals surface area contributed by atoms with Gasteiger partial charge in [-0.15, -0.1) is 11.3 Å². The van der Waals surface area contributed by atoms with Gasteiger partial charge in [-0.25, -0.2) is 22.8 Å². The van der Waals surface area contributed by atoms with E-state index in [2.05, 4.69) is 30.7 Å². The maximum atomic E-state index is 12.4. The molecule has 0 spiro atoms. The van der Waals surface area contributed by atoms with Gasteiger partial charge in [0.25, 0.3) is 0 Å². The van der Waals surface area contributed by atoms with Crippen molar-refractivity contribution in [3.05, 3.63) is 26.3 Å². The van der Waals surface area contributed by atoms with E-state index >= 15 is 0 Å². The number of thiophene rings is 1. The molecular weight excluding hydrogens is 388 g/mol. The third kappa shape index (κ3) is 2.64. The lowest BCUT2D eigenvalue weighted by Crippen LogP contribution is -2.33. The fourth-order valence-electron chi connectivity index (χ4n) is 2.16. The van der Waals surface area contributed by atoms with E-state index in [1.54, 1.807) is 4.68 Å². The van der Waals surface area contributed by atoms with Gasteiger partial charge in [-0.05, 0) is 34.8 Å². The van der Waals surface area contributed by atoms with Crippen LogP contribution in [0.25, 0.3) is 0 Å². The van der Waals surface area contributed by atoms with Crippen LogP contribution in [0.5, 0.6) is 0 Å². The minimum absolute atomic E-state index is 0.0904. The zero-order chi connectivity index (χ0) is 14.3. The molecule has 3 heterocycles. The van der Waals surface area contributed by atoms with Crippen molar-refractivity contribution < 1.29 is 8.42 Å². The monoisotopic (exact) mass is 396 g/mol. The molecule has 3 rings (SSSR count). The highest BCUT2D eigenvalue weighted by molar-refractivity contribution is 9.11. The third-order valence-corrected chi connectivity index (χ3v) is 6.63. The molecule has 0 aromatic carbocycles. The summed E-state index contributed by atoms with van der Waals surface area (Å²) in [5, 5.41) is 4.07. The average Bonchev–Trinajstić information content (AvgIpc) is 2.96. The Morgan fingerprint density at radius 2 is 2.35 bits per heavy atom. The number of hydrogen-bond donors (Lipinski definition) is 1. The largest absolute Gasteiger partial charge is 0.248 e. The van der Waals surface area contributed by atoms with Gasteiger partial charge in [-0.1, -0.05) is 11.6 Å². The first-order valence-electron chi connectivity index (χ1n) is 5.82. The maximum Gasteiger partial charge on any atom is 0.243 e. The molecule has 1 aliphatic rings. The molecule has 6 nitrogen and oxygen atoms in total. The predicted molar refractivity (Wildman–Crippen MR) is 79.3 cm³/mol. The fourth-order valence-corrected chi connectivity index (χ4v) is 6.16.